The van der Waals surface area contributed by atoms with E-state index in [-0.39, 0.29) is 11.4 Å². The summed E-state index contributed by atoms with van der Waals surface area (Å²) in [4.78, 5) is 30.4. The summed E-state index contributed by atoms with van der Waals surface area (Å²) in [5, 5.41) is 0. The molecule has 4 rings (SSSR count). The van der Waals surface area contributed by atoms with E-state index in [9.17, 15) is 9.59 Å². The van der Waals surface area contributed by atoms with Gasteiger partial charge in [0.15, 0.2) is 0 Å². The summed E-state index contributed by atoms with van der Waals surface area (Å²) in [7, 11) is 4.23. The number of fused-ring (bicyclic) bond motifs is 1. The van der Waals surface area contributed by atoms with Crippen LogP contribution in [-0.2, 0) is 10.2 Å². The Balaban J connectivity index is 1.58. The zero-order chi connectivity index (χ0) is 18.5. The molecule has 1 aromatic carbocycles. The van der Waals surface area contributed by atoms with E-state index in [1.54, 1.807) is 9.80 Å². The number of likely N-dealkylation sites (N-methyl/N-ethyl adjacent to an activating group) is 1. The topological polar surface area (TPSA) is 69.9 Å². The summed E-state index contributed by atoms with van der Waals surface area (Å²) in [5.74, 6) is -0.443. The zero-order valence-electron chi connectivity index (χ0n) is 15.6. The minimum atomic E-state index is -0.949. The van der Waals surface area contributed by atoms with Crippen LogP contribution in [0.25, 0.3) is 0 Å². The largest absolute Gasteiger partial charge is 0.368 e. The fourth-order valence-corrected chi connectivity index (χ4v) is 4.87. The van der Waals surface area contributed by atoms with Gasteiger partial charge in [-0.05, 0) is 51.1 Å². The normalized spacial score (nSPS) is 27.0. The van der Waals surface area contributed by atoms with Crippen LogP contribution in [0.3, 0.4) is 0 Å². The van der Waals surface area contributed by atoms with Gasteiger partial charge >= 0.3 is 6.03 Å². The van der Waals surface area contributed by atoms with E-state index in [1.165, 1.54) is 24.8 Å². The standard InChI is InChI=1S/C20H27N4O2/c1-22(2)13-19(9-3-10-19)15-5-7-16(8-6-15)23-14-20(17(21)25)11-4-12-24(20)18(23)26/h5-8,11H,3-4,9-10,12-14H2,1-2H3,(H2,21,25)/t20-/m1/s1. The molecule has 1 aliphatic carbocycles. The molecule has 0 bridgehead atoms. The highest BCUT2D eigenvalue weighted by Crippen LogP contribution is 2.45. The number of urea groups is 1. The third-order valence-electron chi connectivity index (χ3n) is 6.32. The average molecular weight is 355 g/mol. The molecule has 2 N–H and O–H groups in total. The molecule has 3 fully saturated rings. The number of hydrogen-bond donors (Lipinski definition) is 1. The maximum atomic E-state index is 12.8. The van der Waals surface area contributed by atoms with Gasteiger partial charge in [-0.3, -0.25) is 9.69 Å². The van der Waals surface area contributed by atoms with E-state index < -0.39 is 11.4 Å². The zero-order valence-corrected chi connectivity index (χ0v) is 15.6. The molecule has 0 spiro atoms. The maximum absolute atomic E-state index is 12.8. The van der Waals surface area contributed by atoms with Gasteiger partial charge in [0.25, 0.3) is 0 Å². The van der Waals surface area contributed by atoms with Gasteiger partial charge in [-0.1, -0.05) is 18.6 Å². The molecule has 0 aromatic heterocycles. The lowest BCUT2D eigenvalue weighted by Crippen LogP contribution is -2.53. The minimum absolute atomic E-state index is 0.128. The Hall–Kier alpha value is -2.08. The average Bonchev–Trinajstić information content (AvgIpc) is 3.11. The Morgan fingerprint density at radius 1 is 1.23 bits per heavy atom. The first-order chi connectivity index (χ1) is 12.4. The van der Waals surface area contributed by atoms with Crippen LogP contribution in [0.15, 0.2) is 24.3 Å². The number of primary amides is 1. The predicted molar refractivity (Wildman–Crippen MR) is 101 cm³/mol. The number of benzene rings is 1. The molecular weight excluding hydrogens is 328 g/mol. The second-order valence-corrected chi connectivity index (χ2v) is 8.22. The number of amides is 3. The van der Waals surface area contributed by atoms with Crippen LogP contribution in [0.2, 0.25) is 0 Å². The second kappa shape index (κ2) is 5.98. The summed E-state index contributed by atoms with van der Waals surface area (Å²) >= 11 is 0. The lowest BCUT2D eigenvalue weighted by Gasteiger charge is -2.44. The van der Waals surface area contributed by atoms with Crippen LogP contribution in [-0.4, -0.2) is 61.0 Å². The molecule has 0 unspecified atom stereocenters. The number of hydrogen-bond acceptors (Lipinski definition) is 3. The number of carbonyl (C=O) groups excluding carboxylic acids is 2. The highest BCUT2D eigenvalue weighted by molar-refractivity contribution is 6.04. The minimum Gasteiger partial charge on any atom is -0.368 e. The molecule has 3 aliphatic rings. The quantitative estimate of drug-likeness (QED) is 0.875. The summed E-state index contributed by atoms with van der Waals surface area (Å²) in [6, 6.07) is 8.20. The van der Waals surface area contributed by atoms with Crippen molar-refractivity contribution >= 4 is 17.6 Å². The smallest absolute Gasteiger partial charge is 0.325 e. The van der Waals surface area contributed by atoms with Crippen LogP contribution in [0, 0.1) is 6.42 Å². The molecule has 1 saturated carbocycles. The van der Waals surface area contributed by atoms with Gasteiger partial charge in [-0.25, -0.2) is 4.79 Å². The molecule has 2 aliphatic heterocycles. The summed E-state index contributed by atoms with van der Waals surface area (Å²) < 4.78 is 0. The van der Waals surface area contributed by atoms with Crippen molar-refractivity contribution in [2.45, 2.75) is 36.6 Å². The number of rotatable bonds is 5. The molecule has 6 heteroatoms. The molecule has 1 radical (unpaired) electrons. The highest BCUT2D eigenvalue weighted by Gasteiger charge is 2.56. The van der Waals surface area contributed by atoms with E-state index in [4.69, 9.17) is 5.73 Å². The molecule has 139 valence electrons. The first-order valence-corrected chi connectivity index (χ1v) is 9.37. The van der Waals surface area contributed by atoms with E-state index >= 15 is 0 Å². The Kier molecular flexibility index (Phi) is 3.99. The van der Waals surface area contributed by atoms with Gasteiger partial charge < -0.3 is 15.5 Å². The summed E-state index contributed by atoms with van der Waals surface area (Å²) in [5.41, 5.74) is 7.09. The molecular formula is C20H27N4O2. The fourth-order valence-electron chi connectivity index (χ4n) is 4.87. The summed E-state index contributed by atoms with van der Waals surface area (Å²) in [6.45, 7) is 1.91. The van der Waals surface area contributed by atoms with Crippen molar-refractivity contribution < 1.29 is 9.59 Å². The molecule has 2 saturated heterocycles. The Labute approximate surface area is 154 Å². The third kappa shape index (κ3) is 2.42. The van der Waals surface area contributed by atoms with Gasteiger partial charge in [-0.15, -0.1) is 0 Å². The number of anilines is 1. The first kappa shape index (κ1) is 17.3. The van der Waals surface area contributed by atoms with Crippen molar-refractivity contribution in [3.63, 3.8) is 0 Å². The lowest BCUT2D eigenvalue weighted by atomic mass is 9.64. The van der Waals surface area contributed by atoms with Crippen molar-refractivity contribution in [1.29, 1.82) is 0 Å². The maximum Gasteiger partial charge on any atom is 0.325 e. The van der Waals surface area contributed by atoms with Crippen LogP contribution < -0.4 is 10.6 Å². The molecule has 26 heavy (non-hydrogen) atoms. The fraction of sp³-hybridized carbons (Fsp3) is 0.550. The predicted octanol–water partition coefficient (Wildman–Crippen LogP) is 1.74. The number of carbonyl (C=O) groups is 2. The van der Waals surface area contributed by atoms with E-state index in [2.05, 4.69) is 31.1 Å². The second-order valence-electron chi connectivity index (χ2n) is 8.22. The molecule has 6 nitrogen and oxygen atoms in total. The van der Waals surface area contributed by atoms with E-state index in [1.807, 2.05) is 18.6 Å². The number of nitrogens with two attached hydrogens (primary N) is 1. The van der Waals surface area contributed by atoms with Gasteiger partial charge in [0.05, 0.1) is 6.54 Å². The van der Waals surface area contributed by atoms with Crippen molar-refractivity contribution in [1.82, 2.24) is 9.80 Å². The molecule has 1 aromatic rings. The first-order valence-electron chi connectivity index (χ1n) is 9.37. The molecule has 3 amide bonds. The Morgan fingerprint density at radius 3 is 2.42 bits per heavy atom. The van der Waals surface area contributed by atoms with Gasteiger partial charge in [0.1, 0.15) is 5.54 Å². The van der Waals surface area contributed by atoms with E-state index in [0.717, 1.165) is 12.2 Å². The lowest BCUT2D eigenvalue weighted by molar-refractivity contribution is -0.124. The van der Waals surface area contributed by atoms with Crippen LogP contribution in [0.5, 0.6) is 0 Å². The summed E-state index contributed by atoms with van der Waals surface area (Å²) in [6.07, 6.45) is 6.30. The van der Waals surface area contributed by atoms with Crippen molar-refractivity contribution in [3.05, 3.63) is 36.2 Å². The van der Waals surface area contributed by atoms with Gasteiger partial charge in [0.2, 0.25) is 5.91 Å². The van der Waals surface area contributed by atoms with Crippen molar-refractivity contribution in [3.8, 4) is 0 Å². The molecule has 1 atom stereocenters. The van der Waals surface area contributed by atoms with E-state index in [0.29, 0.717) is 19.5 Å². The molecule has 2 heterocycles. The number of nitrogens with zero attached hydrogens (tertiary/aromatic N) is 3. The Bertz CT molecular complexity index is 726. The van der Waals surface area contributed by atoms with Crippen LogP contribution in [0.4, 0.5) is 10.5 Å². The monoisotopic (exact) mass is 355 g/mol. The van der Waals surface area contributed by atoms with Gasteiger partial charge in [0, 0.05) is 30.6 Å². The third-order valence-corrected chi connectivity index (χ3v) is 6.32. The van der Waals surface area contributed by atoms with Crippen LogP contribution in [0.1, 0.15) is 31.2 Å². The van der Waals surface area contributed by atoms with Gasteiger partial charge in [-0.2, -0.15) is 0 Å². The van der Waals surface area contributed by atoms with Crippen molar-refractivity contribution in [2.75, 3.05) is 38.6 Å². The SMILES string of the molecule is CN(C)CC1(c2ccc(N3C[C@@]4(C(N)=O)[CH]CCN4C3=O)cc2)CCC1. The Morgan fingerprint density at radius 2 is 1.92 bits per heavy atom. The van der Waals surface area contributed by atoms with Crippen molar-refractivity contribution in [2.24, 2.45) is 5.73 Å². The van der Waals surface area contributed by atoms with Crippen LogP contribution >= 0.6 is 0 Å². The highest BCUT2D eigenvalue weighted by atomic mass is 16.2.